The second-order valence-electron chi connectivity index (χ2n) is 4.81. The molecule has 2 aromatic rings. The number of carbonyl (C=O) groups excluding carboxylic acids is 1. The Morgan fingerprint density at radius 1 is 1.43 bits per heavy atom. The number of nitrogens with two attached hydrogens (primary N) is 1. The Bertz CT molecular complexity index is 639. The number of carbonyl (C=O) groups is 1. The molecule has 0 spiro atoms. The highest BCUT2D eigenvalue weighted by Crippen LogP contribution is 2.36. The molecule has 0 fully saturated rings. The van der Waals surface area contributed by atoms with E-state index in [1.807, 2.05) is 25.1 Å². The van der Waals surface area contributed by atoms with Crippen molar-refractivity contribution in [1.82, 2.24) is 4.90 Å². The van der Waals surface area contributed by atoms with Crippen molar-refractivity contribution in [2.24, 2.45) is 0 Å². The van der Waals surface area contributed by atoms with Gasteiger partial charge in [0.05, 0.1) is 18.9 Å². The van der Waals surface area contributed by atoms with Crippen LogP contribution in [0.15, 0.2) is 18.2 Å². The van der Waals surface area contributed by atoms with E-state index in [1.54, 1.807) is 12.0 Å². The third kappa shape index (κ3) is 3.18. The van der Waals surface area contributed by atoms with E-state index >= 15 is 0 Å². The van der Waals surface area contributed by atoms with Gasteiger partial charge in [-0.05, 0) is 12.5 Å². The maximum absolute atomic E-state index is 12.6. The van der Waals surface area contributed by atoms with Gasteiger partial charge in [-0.3, -0.25) is 4.79 Å². The van der Waals surface area contributed by atoms with E-state index in [0.717, 1.165) is 15.6 Å². The van der Waals surface area contributed by atoms with Crippen LogP contribution in [0, 0.1) is 6.92 Å². The quantitative estimate of drug-likeness (QED) is 0.854. The van der Waals surface area contributed by atoms with Crippen LogP contribution in [0.3, 0.4) is 0 Å². The molecule has 114 valence electrons. The van der Waals surface area contributed by atoms with Crippen LogP contribution < -0.4 is 5.73 Å². The Kier molecular flexibility index (Phi) is 5.17. The number of thiophene rings is 1. The number of ether oxygens (including phenoxy) is 1. The van der Waals surface area contributed by atoms with Crippen molar-refractivity contribution in [2.75, 3.05) is 39.1 Å². The van der Waals surface area contributed by atoms with Crippen LogP contribution >= 0.6 is 11.3 Å². The highest BCUT2D eigenvalue weighted by molar-refractivity contribution is 7.21. The number of fused-ring (bicyclic) bond motifs is 1. The molecular formula is C15H20N2O3S. The van der Waals surface area contributed by atoms with Gasteiger partial charge >= 0.3 is 0 Å². The van der Waals surface area contributed by atoms with Gasteiger partial charge in [0, 0.05) is 30.3 Å². The summed E-state index contributed by atoms with van der Waals surface area (Å²) in [6.07, 6.45) is 0. The average Bonchev–Trinajstić information content (AvgIpc) is 2.82. The second-order valence-corrected chi connectivity index (χ2v) is 5.83. The molecule has 1 heterocycles. The monoisotopic (exact) mass is 308 g/mol. The second kappa shape index (κ2) is 6.89. The van der Waals surface area contributed by atoms with Crippen LogP contribution in [0.2, 0.25) is 0 Å². The van der Waals surface area contributed by atoms with E-state index in [2.05, 4.69) is 0 Å². The lowest BCUT2D eigenvalue weighted by Crippen LogP contribution is -2.36. The van der Waals surface area contributed by atoms with Crippen LogP contribution in [0.1, 0.15) is 15.2 Å². The largest absolute Gasteiger partial charge is 0.397 e. The third-order valence-corrected chi connectivity index (χ3v) is 4.71. The van der Waals surface area contributed by atoms with Gasteiger partial charge in [0.15, 0.2) is 0 Å². The summed E-state index contributed by atoms with van der Waals surface area (Å²) < 4.78 is 6.05. The molecule has 5 nitrogen and oxygen atoms in total. The smallest absolute Gasteiger partial charge is 0.266 e. The lowest BCUT2D eigenvalue weighted by molar-refractivity contribution is 0.0662. The summed E-state index contributed by atoms with van der Waals surface area (Å²) in [7, 11) is 1.58. The van der Waals surface area contributed by atoms with Crippen molar-refractivity contribution in [2.45, 2.75) is 6.92 Å². The van der Waals surface area contributed by atoms with Crippen molar-refractivity contribution < 1.29 is 14.6 Å². The van der Waals surface area contributed by atoms with Crippen LogP contribution in [0.25, 0.3) is 10.1 Å². The van der Waals surface area contributed by atoms with Gasteiger partial charge in [-0.25, -0.2) is 0 Å². The van der Waals surface area contributed by atoms with Gasteiger partial charge in [-0.2, -0.15) is 0 Å². The first-order valence-electron chi connectivity index (χ1n) is 6.76. The molecule has 1 aromatic heterocycles. The zero-order chi connectivity index (χ0) is 15.4. The molecule has 0 saturated carbocycles. The van der Waals surface area contributed by atoms with Crippen LogP contribution in [-0.2, 0) is 4.74 Å². The fourth-order valence-electron chi connectivity index (χ4n) is 2.22. The molecule has 0 unspecified atom stereocenters. The molecule has 0 aliphatic carbocycles. The first kappa shape index (κ1) is 15.8. The summed E-state index contributed by atoms with van der Waals surface area (Å²) >= 11 is 1.41. The maximum Gasteiger partial charge on any atom is 0.266 e. The first-order valence-corrected chi connectivity index (χ1v) is 7.58. The zero-order valence-corrected chi connectivity index (χ0v) is 13.1. The number of aliphatic hydroxyl groups is 1. The molecule has 1 amide bonds. The topological polar surface area (TPSA) is 75.8 Å². The number of benzene rings is 1. The molecule has 6 heteroatoms. The highest BCUT2D eigenvalue weighted by atomic mass is 32.1. The van der Waals surface area contributed by atoms with Crippen LogP contribution in [0.5, 0.6) is 0 Å². The molecule has 2 rings (SSSR count). The molecule has 0 saturated heterocycles. The minimum absolute atomic E-state index is 0.0840. The van der Waals surface area contributed by atoms with Crippen LogP contribution in [-0.4, -0.2) is 49.3 Å². The Morgan fingerprint density at radius 3 is 2.81 bits per heavy atom. The number of anilines is 1. The van der Waals surface area contributed by atoms with Crippen molar-refractivity contribution in [3.05, 3.63) is 28.6 Å². The first-order chi connectivity index (χ1) is 10.1. The predicted octanol–water partition coefficient (Wildman–Crippen LogP) is 1.87. The summed E-state index contributed by atoms with van der Waals surface area (Å²) in [5, 5.41) is 10.0. The number of nitrogens with zero attached hydrogens (tertiary/aromatic N) is 1. The molecule has 0 aliphatic rings. The number of nitrogen functional groups attached to an aromatic ring is 1. The number of hydrogen-bond acceptors (Lipinski definition) is 5. The van der Waals surface area contributed by atoms with Crippen molar-refractivity contribution in [3.63, 3.8) is 0 Å². The highest BCUT2D eigenvalue weighted by Gasteiger charge is 2.22. The molecule has 0 aliphatic heterocycles. The van der Waals surface area contributed by atoms with E-state index in [9.17, 15) is 4.79 Å². The number of aryl methyl sites for hydroxylation is 1. The summed E-state index contributed by atoms with van der Waals surface area (Å²) in [5.41, 5.74) is 7.76. The maximum atomic E-state index is 12.6. The molecule has 3 N–H and O–H groups in total. The van der Waals surface area contributed by atoms with Gasteiger partial charge in [0.25, 0.3) is 5.91 Å². The van der Waals surface area contributed by atoms with E-state index in [0.29, 0.717) is 23.7 Å². The van der Waals surface area contributed by atoms with Gasteiger partial charge in [-0.15, -0.1) is 11.3 Å². The molecule has 21 heavy (non-hydrogen) atoms. The van der Waals surface area contributed by atoms with Crippen molar-refractivity contribution in [3.8, 4) is 0 Å². The summed E-state index contributed by atoms with van der Waals surface area (Å²) in [6, 6.07) is 5.87. The van der Waals surface area contributed by atoms with Gasteiger partial charge in [-0.1, -0.05) is 18.2 Å². The minimum Gasteiger partial charge on any atom is -0.397 e. The number of rotatable bonds is 6. The minimum atomic E-state index is -0.154. The predicted molar refractivity (Wildman–Crippen MR) is 85.8 cm³/mol. The number of aliphatic hydroxyl groups excluding tert-OH is 1. The lowest BCUT2D eigenvalue weighted by Gasteiger charge is -2.20. The zero-order valence-electron chi connectivity index (χ0n) is 12.3. The van der Waals surface area contributed by atoms with E-state index in [1.165, 1.54) is 11.3 Å². The average molecular weight is 308 g/mol. The molecule has 0 bridgehead atoms. The number of methoxy groups -OCH3 is 1. The standard InChI is InChI=1S/C15H20N2O3S/c1-10-4-3-5-11-12(16)14(21-13(10)11)15(19)17(6-8-18)7-9-20-2/h3-5,18H,6-9,16H2,1-2H3. The van der Waals surface area contributed by atoms with Crippen LogP contribution in [0.4, 0.5) is 5.69 Å². The number of amides is 1. The Morgan fingerprint density at radius 2 is 2.19 bits per heavy atom. The summed E-state index contributed by atoms with van der Waals surface area (Å²) in [4.78, 5) is 14.7. The fourth-order valence-corrected chi connectivity index (χ4v) is 3.38. The fraction of sp³-hybridized carbons (Fsp3) is 0.400. The van der Waals surface area contributed by atoms with Gasteiger partial charge in [0.1, 0.15) is 4.88 Å². The Balaban J connectivity index is 2.37. The van der Waals surface area contributed by atoms with Gasteiger partial charge < -0.3 is 20.5 Å². The Labute approximate surface area is 127 Å². The normalized spacial score (nSPS) is 11.0. The van der Waals surface area contributed by atoms with E-state index in [4.69, 9.17) is 15.6 Å². The SMILES string of the molecule is COCCN(CCO)C(=O)c1sc2c(C)cccc2c1N. The summed E-state index contributed by atoms with van der Waals surface area (Å²) in [5.74, 6) is -0.154. The third-order valence-electron chi connectivity index (χ3n) is 3.37. The number of hydrogen-bond donors (Lipinski definition) is 2. The van der Waals surface area contributed by atoms with Gasteiger partial charge in [0.2, 0.25) is 0 Å². The lowest BCUT2D eigenvalue weighted by atomic mass is 10.1. The molecule has 0 radical (unpaired) electrons. The van der Waals surface area contributed by atoms with E-state index < -0.39 is 0 Å². The van der Waals surface area contributed by atoms with Crippen molar-refractivity contribution >= 4 is 33.0 Å². The van der Waals surface area contributed by atoms with E-state index in [-0.39, 0.29) is 19.1 Å². The Hall–Kier alpha value is -1.63. The summed E-state index contributed by atoms with van der Waals surface area (Å²) in [6.45, 7) is 3.05. The van der Waals surface area contributed by atoms with Crippen molar-refractivity contribution in [1.29, 1.82) is 0 Å². The molecule has 1 aromatic carbocycles. The molecule has 0 atom stereocenters. The molecular weight excluding hydrogens is 288 g/mol.